The molecule has 7 atom stereocenters. The molecule has 3 fully saturated rings. The molecule has 1 spiro atoms. The van der Waals surface area contributed by atoms with Crippen LogP contribution in [0.5, 0.6) is 0 Å². The Morgan fingerprint density at radius 2 is 1.76 bits per heavy atom. The van der Waals surface area contributed by atoms with Gasteiger partial charge in [-0.15, -0.1) is 24.9 Å². The first-order chi connectivity index (χ1) is 21.6. The van der Waals surface area contributed by atoms with E-state index in [-0.39, 0.29) is 48.0 Å². The minimum atomic E-state index is -0.855. The van der Waals surface area contributed by atoms with E-state index in [1.165, 1.54) is 0 Å². The van der Waals surface area contributed by atoms with Crippen LogP contribution in [0.3, 0.4) is 0 Å². The van der Waals surface area contributed by atoms with E-state index in [4.69, 9.17) is 11.6 Å². The predicted octanol–water partition coefficient (Wildman–Crippen LogP) is 5.82. The lowest BCUT2D eigenvalue weighted by atomic mass is 9.65. The van der Waals surface area contributed by atoms with Crippen LogP contribution >= 0.6 is 23.4 Å². The van der Waals surface area contributed by atoms with Crippen LogP contribution in [0.1, 0.15) is 39.2 Å². The molecule has 7 nitrogen and oxygen atoms in total. The summed E-state index contributed by atoms with van der Waals surface area (Å²) in [5.74, 6) is -1.60. The number of rotatable bonds is 13. The van der Waals surface area contributed by atoms with Gasteiger partial charge in [-0.2, -0.15) is 0 Å². The third-order valence-electron chi connectivity index (χ3n) is 9.64. The summed E-state index contributed by atoms with van der Waals surface area (Å²) < 4.78 is -0.817. The molecule has 3 saturated heterocycles. The number of amides is 3. The molecular formula is C36H44ClN3O4S. The monoisotopic (exact) mass is 649 g/mol. The van der Waals surface area contributed by atoms with Gasteiger partial charge in [-0.3, -0.25) is 14.4 Å². The molecule has 1 N–H and O–H groups in total. The number of hydrogen-bond acceptors (Lipinski definition) is 5. The molecule has 5 rings (SSSR count). The third-order valence-corrected chi connectivity index (χ3v) is 12.0. The van der Waals surface area contributed by atoms with Gasteiger partial charge in [0.15, 0.2) is 0 Å². The van der Waals surface area contributed by atoms with Gasteiger partial charge in [-0.05, 0) is 54.5 Å². The number of thioether (sulfide) groups is 1. The first kappa shape index (κ1) is 33.3. The molecule has 3 aliphatic rings. The number of aliphatic hydroxyl groups excluding tert-OH is 1. The van der Waals surface area contributed by atoms with Crippen molar-refractivity contribution in [1.82, 2.24) is 9.80 Å². The van der Waals surface area contributed by atoms with Gasteiger partial charge in [0.25, 0.3) is 5.91 Å². The lowest BCUT2D eigenvalue weighted by Crippen LogP contribution is -2.59. The van der Waals surface area contributed by atoms with Crippen LogP contribution in [0.4, 0.5) is 5.69 Å². The van der Waals surface area contributed by atoms with Crippen LogP contribution in [0, 0.1) is 23.7 Å². The van der Waals surface area contributed by atoms with Crippen LogP contribution in [-0.4, -0.2) is 74.4 Å². The standard InChI is InChI=1S/C36H44ClN3O4S/c1-6-17-38(21-25-11-9-8-10-12-25)33(42)30-29-20-24(5)36(45-29)31(30)34(43)40(28(22-41)19-23(3)4)32(36)35(44)39(18-7-2)27-15-13-26(37)14-16-27/h6-16,23-24,28-32,41H,1-2,17-22H2,3-5H3/t24?,28-,29+,30-,31+,32?,36?/m1/s1. The Labute approximate surface area is 276 Å². The minimum Gasteiger partial charge on any atom is -0.394 e. The van der Waals surface area contributed by atoms with Crippen molar-refractivity contribution in [3.05, 3.63) is 90.5 Å². The molecule has 3 amide bonds. The fraction of sp³-hybridized carbons (Fsp3) is 0.472. The molecule has 3 heterocycles. The number of carbonyl (C=O) groups is 3. The van der Waals surface area contributed by atoms with E-state index in [2.05, 4.69) is 20.1 Å². The number of nitrogens with zero attached hydrogens (tertiary/aromatic N) is 3. The highest BCUT2D eigenvalue weighted by molar-refractivity contribution is 8.02. The van der Waals surface area contributed by atoms with E-state index in [9.17, 15) is 19.5 Å². The van der Waals surface area contributed by atoms with Crippen molar-refractivity contribution in [3.63, 3.8) is 0 Å². The largest absolute Gasteiger partial charge is 0.394 e. The number of fused-ring (bicyclic) bond motifs is 1. The summed E-state index contributed by atoms with van der Waals surface area (Å²) in [6, 6.07) is 15.5. The Morgan fingerprint density at radius 3 is 2.36 bits per heavy atom. The predicted molar refractivity (Wildman–Crippen MR) is 182 cm³/mol. The van der Waals surface area contributed by atoms with Crippen molar-refractivity contribution >= 4 is 46.8 Å². The zero-order valence-electron chi connectivity index (χ0n) is 26.3. The number of halogens is 1. The highest BCUT2D eigenvalue weighted by Gasteiger charge is 2.77. The molecule has 45 heavy (non-hydrogen) atoms. The maximum atomic E-state index is 15.0. The fourth-order valence-corrected chi connectivity index (χ4v) is 10.4. The highest BCUT2D eigenvalue weighted by atomic mass is 35.5. The van der Waals surface area contributed by atoms with E-state index >= 15 is 0 Å². The van der Waals surface area contributed by atoms with Gasteiger partial charge in [0.1, 0.15) is 6.04 Å². The second-order valence-electron chi connectivity index (χ2n) is 13.0. The summed E-state index contributed by atoms with van der Waals surface area (Å²) >= 11 is 7.84. The van der Waals surface area contributed by atoms with Crippen molar-refractivity contribution < 1.29 is 19.5 Å². The zero-order valence-corrected chi connectivity index (χ0v) is 27.9. The summed E-state index contributed by atoms with van der Waals surface area (Å²) in [5.41, 5.74) is 1.65. The van der Waals surface area contributed by atoms with E-state index < -0.39 is 28.7 Å². The lowest BCUT2D eigenvalue weighted by Gasteiger charge is -2.42. The summed E-state index contributed by atoms with van der Waals surface area (Å²) in [5, 5.41) is 11.2. The van der Waals surface area contributed by atoms with Gasteiger partial charge in [0, 0.05) is 35.6 Å². The van der Waals surface area contributed by atoms with Crippen LogP contribution in [0.25, 0.3) is 0 Å². The molecule has 9 heteroatoms. The second kappa shape index (κ2) is 13.7. The van der Waals surface area contributed by atoms with Crippen LogP contribution in [0.15, 0.2) is 79.9 Å². The van der Waals surface area contributed by atoms with E-state index in [0.29, 0.717) is 30.2 Å². The maximum absolute atomic E-state index is 15.0. The molecule has 3 unspecified atom stereocenters. The van der Waals surface area contributed by atoms with Crippen molar-refractivity contribution in [3.8, 4) is 0 Å². The Morgan fingerprint density at radius 1 is 1.09 bits per heavy atom. The molecule has 2 aromatic carbocycles. The molecule has 2 aromatic rings. The summed E-state index contributed by atoms with van der Waals surface area (Å²) in [7, 11) is 0. The van der Waals surface area contributed by atoms with E-state index in [1.807, 2.05) is 44.2 Å². The Kier molecular flexibility index (Phi) is 10.2. The van der Waals surface area contributed by atoms with Gasteiger partial charge < -0.3 is 19.8 Å². The SMILES string of the molecule is C=CCN(Cc1ccccc1)C(=O)[C@@H]1[C@@H]2CC(C)C3(S2)C(C(=O)N(CC=C)c2ccc(Cl)cc2)N([C@@H](CO)CC(C)C)C(=O)[C@H]13. The van der Waals surface area contributed by atoms with Crippen LogP contribution < -0.4 is 4.90 Å². The van der Waals surface area contributed by atoms with Gasteiger partial charge >= 0.3 is 0 Å². The van der Waals surface area contributed by atoms with Crippen molar-refractivity contribution in [2.45, 2.75) is 62.2 Å². The molecule has 0 aliphatic carbocycles. The minimum absolute atomic E-state index is 0.000574. The average molecular weight is 650 g/mol. The Balaban J connectivity index is 1.60. The number of anilines is 1. The smallest absolute Gasteiger partial charge is 0.251 e. The number of hydrogen-bond donors (Lipinski definition) is 1. The van der Waals surface area contributed by atoms with E-state index in [1.54, 1.807) is 62.9 Å². The lowest BCUT2D eigenvalue weighted by molar-refractivity contribution is -0.146. The number of likely N-dealkylation sites (tertiary alicyclic amines) is 1. The van der Waals surface area contributed by atoms with Crippen LogP contribution in [-0.2, 0) is 20.9 Å². The summed E-state index contributed by atoms with van der Waals surface area (Å²) in [6.45, 7) is 14.7. The van der Waals surface area contributed by atoms with Gasteiger partial charge in [-0.25, -0.2) is 0 Å². The molecule has 0 radical (unpaired) electrons. The first-order valence-electron chi connectivity index (χ1n) is 15.8. The average Bonchev–Trinajstić information content (AvgIpc) is 3.62. The molecule has 0 aromatic heterocycles. The molecule has 240 valence electrons. The topological polar surface area (TPSA) is 81.2 Å². The van der Waals surface area contributed by atoms with Crippen molar-refractivity contribution in [1.29, 1.82) is 0 Å². The number of carbonyl (C=O) groups excluding carboxylic acids is 3. The number of benzene rings is 2. The Hall–Kier alpha value is -3.07. The molecule has 0 saturated carbocycles. The molecule has 3 aliphatic heterocycles. The van der Waals surface area contributed by atoms with E-state index in [0.717, 1.165) is 12.0 Å². The normalized spacial score (nSPS) is 27.4. The third kappa shape index (κ3) is 5.97. The summed E-state index contributed by atoms with van der Waals surface area (Å²) in [4.78, 5) is 49.4. The van der Waals surface area contributed by atoms with Gasteiger partial charge in [0.05, 0.1) is 29.2 Å². The second-order valence-corrected chi connectivity index (χ2v) is 15.0. The maximum Gasteiger partial charge on any atom is 0.251 e. The fourth-order valence-electron chi connectivity index (χ4n) is 7.86. The first-order valence-corrected chi connectivity index (χ1v) is 17.1. The highest BCUT2D eigenvalue weighted by Crippen LogP contribution is 2.69. The van der Waals surface area contributed by atoms with Crippen LogP contribution in [0.2, 0.25) is 5.02 Å². The van der Waals surface area contributed by atoms with Crippen molar-refractivity contribution in [2.75, 3.05) is 24.6 Å². The molecular weight excluding hydrogens is 606 g/mol. The quantitative estimate of drug-likeness (QED) is 0.277. The summed E-state index contributed by atoms with van der Waals surface area (Å²) in [6.07, 6.45) is 4.66. The molecule has 2 bridgehead atoms. The number of aliphatic hydroxyl groups is 1. The zero-order chi connectivity index (χ0) is 32.5. The van der Waals surface area contributed by atoms with Gasteiger partial charge in [-0.1, -0.05) is 74.9 Å². The van der Waals surface area contributed by atoms with Crippen molar-refractivity contribution in [2.24, 2.45) is 23.7 Å². The van der Waals surface area contributed by atoms with Gasteiger partial charge in [0.2, 0.25) is 11.8 Å². The Bertz CT molecular complexity index is 1420.